The quantitative estimate of drug-likeness (QED) is 0.615. The van der Waals surface area contributed by atoms with E-state index in [2.05, 4.69) is 13.4 Å². The van der Waals surface area contributed by atoms with E-state index < -0.39 is 10.4 Å². The Kier molecular flexibility index (Phi) is 4.82. The average Bonchev–Trinajstić information content (AvgIpc) is 2.16. The summed E-state index contributed by atoms with van der Waals surface area (Å²) in [5, 5.41) is 0.518. The van der Waals surface area contributed by atoms with Crippen molar-refractivity contribution in [3.8, 4) is 5.75 Å². The molecule has 0 bridgehead atoms. The zero-order chi connectivity index (χ0) is 12.2. The van der Waals surface area contributed by atoms with E-state index >= 15 is 0 Å². The molecule has 0 fully saturated rings. The third kappa shape index (κ3) is 4.15. The Labute approximate surface area is 103 Å². The predicted octanol–water partition coefficient (Wildman–Crippen LogP) is 2.59. The summed E-state index contributed by atoms with van der Waals surface area (Å²) in [4.78, 5) is 4.51. The summed E-state index contributed by atoms with van der Waals surface area (Å²) in [5.74, 6) is 0.0225. The Morgan fingerprint density at radius 2 is 2.00 bits per heavy atom. The van der Waals surface area contributed by atoms with Crippen LogP contribution in [-0.2, 0) is 18.9 Å². The van der Waals surface area contributed by atoms with Crippen LogP contribution < -0.4 is 4.89 Å². The summed E-state index contributed by atoms with van der Waals surface area (Å²) in [6, 6.07) is 4.22. The van der Waals surface area contributed by atoms with Crippen LogP contribution in [0.3, 0.4) is 0 Å². The Morgan fingerprint density at radius 1 is 1.31 bits per heavy atom. The summed E-state index contributed by atoms with van der Waals surface area (Å²) < 4.78 is 30.3. The summed E-state index contributed by atoms with van der Waals surface area (Å²) in [6.07, 6.45) is 0. The molecule has 0 aliphatic rings. The van der Waals surface area contributed by atoms with E-state index in [0.717, 1.165) is 0 Å². The molecule has 0 amide bonds. The van der Waals surface area contributed by atoms with Crippen molar-refractivity contribution >= 4 is 33.6 Å². The fourth-order valence-corrected chi connectivity index (χ4v) is 1.71. The molecular weight excluding hydrogens is 279 g/mol. The van der Waals surface area contributed by atoms with Gasteiger partial charge in [0.2, 0.25) is 0 Å². The smallest absolute Gasteiger partial charge is 0.318 e. The number of rotatable bonds is 5. The molecule has 0 aliphatic heterocycles. The summed E-state index contributed by atoms with van der Waals surface area (Å²) in [5.41, 5.74) is 0. The molecule has 16 heavy (non-hydrogen) atoms. The van der Waals surface area contributed by atoms with Gasteiger partial charge in [0, 0.05) is 5.02 Å². The lowest BCUT2D eigenvalue weighted by Gasteiger charge is -2.05. The van der Waals surface area contributed by atoms with Gasteiger partial charge in [0.15, 0.2) is 5.75 Å². The van der Waals surface area contributed by atoms with Gasteiger partial charge >= 0.3 is 10.4 Å². The van der Waals surface area contributed by atoms with E-state index in [-0.39, 0.29) is 17.4 Å². The minimum Gasteiger partial charge on any atom is -0.318 e. The highest BCUT2D eigenvalue weighted by molar-refractivity contribution is 7.81. The summed E-state index contributed by atoms with van der Waals surface area (Å²) >= 11 is 11.3. The Balaban J connectivity index is 2.68. The van der Waals surface area contributed by atoms with Crippen molar-refractivity contribution in [2.45, 2.75) is 6.92 Å². The maximum Gasteiger partial charge on any atom is 0.435 e. The fraction of sp³-hybridized carbons (Fsp3) is 0.250. The molecule has 0 radical (unpaired) electrons. The molecule has 0 aliphatic carbocycles. The van der Waals surface area contributed by atoms with Gasteiger partial charge in [0.25, 0.3) is 0 Å². The molecule has 0 saturated carbocycles. The number of halogens is 2. The largest absolute Gasteiger partial charge is 0.435 e. The third-order valence-electron chi connectivity index (χ3n) is 1.36. The van der Waals surface area contributed by atoms with Crippen molar-refractivity contribution in [3.63, 3.8) is 0 Å². The standard InChI is InChI=1S/C8H8Cl2O5S/c1-2-13-16(11,12)15-14-8-4-3-6(9)5-7(8)10/h3-5H,2H2,1H3. The molecule has 5 nitrogen and oxygen atoms in total. The normalized spacial score (nSPS) is 11.4. The van der Waals surface area contributed by atoms with Crippen LogP contribution in [0, 0.1) is 0 Å². The Bertz CT molecular complexity index is 459. The lowest BCUT2D eigenvalue weighted by atomic mass is 10.3. The molecule has 0 aromatic heterocycles. The van der Waals surface area contributed by atoms with Gasteiger partial charge in [-0.2, -0.15) is 8.42 Å². The van der Waals surface area contributed by atoms with Crippen molar-refractivity contribution in [1.29, 1.82) is 0 Å². The van der Waals surface area contributed by atoms with Gasteiger partial charge < -0.3 is 4.89 Å². The van der Waals surface area contributed by atoms with E-state index in [1.54, 1.807) is 0 Å². The molecule has 0 unspecified atom stereocenters. The van der Waals surface area contributed by atoms with E-state index in [1.807, 2.05) is 0 Å². The monoisotopic (exact) mass is 286 g/mol. The molecule has 1 rings (SSSR count). The second kappa shape index (κ2) is 5.70. The highest BCUT2D eigenvalue weighted by Crippen LogP contribution is 2.27. The Morgan fingerprint density at radius 3 is 2.56 bits per heavy atom. The van der Waals surface area contributed by atoms with Crippen LogP contribution in [0.5, 0.6) is 5.75 Å². The van der Waals surface area contributed by atoms with Crippen LogP contribution in [0.1, 0.15) is 6.92 Å². The molecule has 0 saturated heterocycles. The maximum atomic E-state index is 10.9. The fourth-order valence-electron chi connectivity index (χ4n) is 0.785. The number of hydrogen-bond acceptors (Lipinski definition) is 5. The van der Waals surface area contributed by atoms with Crippen LogP contribution in [0.25, 0.3) is 0 Å². The molecule has 0 atom stereocenters. The summed E-state index contributed by atoms with van der Waals surface area (Å²) in [6.45, 7) is 1.44. The first kappa shape index (κ1) is 13.5. The van der Waals surface area contributed by atoms with Crippen LogP contribution in [0.2, 0.25) is 10.0 Å². The van der Waals surface area contributed by atoms with Gasteiger partial charge in [-0.15, -0.1) is 0 Å². The van der Waals surface area contributed by atoms with Gasteiger partial charge in [0.1, 0.15) is 0 Å². The average molecular weight is 287 g/mol. The lowest BCUT2D eigenvalue weighted by Crippen LogP contribution is -2.12. The summed E-state index contributed by atoms with van der Waals surface area (Å²) in [7, 11) is -4.17. The minimum absolute atomic E-state index is 0.0225. The van der Waals surface area contributed by atoms with Crippen molar-refractivity contribution < 1.29 is 21.8 Å². The van der Waals surface area contributed by atoms with Crippen molar-refractivity contribution in [2.24, 2.45) is 0 Å². The molecule has 1 aromatic rings. The SMILES string of the molecule is CCOS(=O)(=O)OOc1ccc(Cl)cc1Cl. The van der Waals surface area contributed by atoms with Crippen LogP contribution in [-0.4, -0.2) is 15.0 Å². The highest BCUT2D eigenvalue weighted by Gasteiger charge is 2.14. The van der Waals surface area contributed by atoms with Gasteiger partial charge in [-0.25, -0.2) is 4.18 Å². The van der Waals surface area contributed by atoms with Crippen LogP contribution in [0.15, 0.2) is 18.2 Å². The molecule has 90 valence electrons. The van der Waals surface area contributed by atoms with Gasteiger partial charge in [-0.05, 0) is 29.5 Å². The zero-order valence-corrected chi connectivity index (χ0v) is 10.5. The predicted molar refractivity (Wildman–Crippen MR) is 58.7 cm³/mol. The topological polar surface area (TPSA) is 61.8 Å². The van der Waals surface area contributed by atoms with Gasteiger partial charge in [-0.1, -0.05) is 23.2 Å². The van der Waals surface area contributed by atoms with Gasteiger partial charge in [0.05, 0.1) is 11.6 Å². The molecule has 1 aromatic carbocycles. The molecule has 8 heteroatoms. The molecule has 0 N–H and O–H groups in total. The van der Waals surface area contributed by atoms with E-state index in [1.165, 1.54) is 25.1 Å². The first-order chi connectivity index (χ1) is 7.44. The maximum absolute atomic E-state index is 10.9. The third-order valence-corrected chi connectivity index (χ3v) is 2.65. The van der Waals surface area contributed by atoms with Crippen LogP contribution in [0.4, 0.5) is 0 Å². The van der Waals surface area contributed by atoms with Crippen molar-refractivity contribution in [3.05, 3.63) is 28.2 Å². The molecule has 0 spiro atoms. The van der Waals surface area contributed by atoms with Crippen molar-refractivity contribution in [2.75, 3.05) is 6.61 Å². The highest BCUT2D eigenvalue weighted by atomic mass is 35.5. The zero-order valence-electron chi connectivity index (χ0n) is 8.14. The van der Waals surface area contributed by atoms with Crippen molar-refractivity contribution in [1.82, 2.24) is 0 Å². The minimum atomic E-state index is -4.17. The molecule has 0 heterocycles. The van der Waals surface area contributed by atoms with E-state index in [9.17, 15) is 8.42 Å². The van der Waals surface area contributed by atoms with E-state index in [4.69, 9.17) is 23.2 Å². The molecular formula is C8H8Cl2O5S. The number of benzene rings is 1. The lowest BCUT2D eigenvalue weighted by molar-refractivity contribution is -0.105. The van der Waals surface area contributed by atoms with Gasteiger partial charge in [-0.3, -0.25) is 0 Å². The number of hydrogen-bond donors (Lipinski definition) is 0. The van der Waals surface area contributed by atoms with E-state index in [0.29, 0.717) is 5.02 Å². The first-order valence-corrected chi connectivity index (χ1v) is 6.24. The second-order valence-electron chi connectivity index (χ2n) is 2.54. The van der Waals surface area contributed by atoms with Crippen LogP contribution >= 0.6 is 23.2 Å². The second-order valence-corrected chi connectivity index (χ2v) is 4.57. The first-order valence-electron chi connectivity index (χ1n) is 4.15. The Hall–Kier alpha value is -0.530.